The Morgan fingerprint density at radius 3 is 2.82 bits per heavy atom. The summed E-state index contributed by atoms with van der Waals surface area (Å²) in [5.41, 5.74) is 4.38. The summed E-state index contributed by atoms with van der Waals surface area (Å²) in [6.45, 7) is 1.86. The van der Waals surface area contributed by atoms with Crippen molar-refractivity contribution in [2.75, 3.05) is 5.32 Å². The summed E-state index contributed by atoms with van der Waals surface area (Å²) in [5, 5.41) is 12.5. The Hall–Kier alpha value is -2.36. The Balaban J connectivity index is 1.96. The Bertz CT molecular complexity index is 787. The summed E-state index contributed by atoms with van der Waals surface area (Å²) < 4.78 is 14.3. The Morgan fingerprint density at radius 2 is 2.05 bits per heavy atom. The van der Waals surface area contributed by atoms with E-state index in [-0.39, 0.29) is 17.7 Å². The van der Waals surface area contributed by atoms with Gasteiger partial charge in [-0.25, -0.2) is 9.18 Å². The van der Waals surface area contributed by atoms with Crippen molar-refractivity contribution in [1.82, 2.24) is 0 Å². The number of anilines is 1. The van der Waals surface area contributed by atoms with Crippen LogP contribution in [0.15, 0.2) is 36.4 Å². The van der Waals surface area contributed by atoms with Crippen LogP contribution in [0.5, 0.6) is 0 Å². The molecule has 0 bridgehead atoms. The maximum Gasteiger partial charge on any atom is 0.326 e. The third-order valence-corrected chi connectivity index (χ3v) is 4.87. The van der Waals surface area contributed by atoms with Gasteiger partial charge < -0.3 is 10.4 Å². The summed E-state index contributed by atoms with van der Waals surface area (Å²) in [5.74, 6) is -1.43. The fourth-order valence-corrected chi connectivity index (χ4v) is 4.01. The summed E-state index contributed by atoms with van der Waals surface area (Å²) in [7, 11) is 0. The third kappa shape index (κ3) is 1.76. The van der Waals surface area contributed by atoms with Gasteiger partial charge in [0.05, 0.1) is 5.69 Å². The lowest BCUT2D eigenvalue weighted by Gasteiger charge is -2.35. The van der Waals surface area contributed by atoms with Crippen LogP contribution in [0.3, 0.4) is 0 Å². The van der Waals surface area contributed by atoms with E-state index in [0.29, 0.717) is 12.1 Å². The molecule has 1 heterocycles. The minimum atomic E-state index is -0.923. The largest absolute Gasteiger partial charge is 0.480 e. The van der Waals surface area contributed by atoms with Crippen molar-refractivity contribution in [3.63, 3.8) is 0 Å². The number of nitrogens with one attached hydrogen (secondary N) is 1. The SMILES string of the molecule is Cc1cc(F)c2c(c1)C1c3ccccc3CC1C(C(=O)O)N2. The van der Waals surface area contributed by atoms with Gasteiger partial charge in [-0.05, 0) is 41.7 Å². The highest BCUT2D eigenvalue weighted by Gasteiger charge is 2.46. The second kappa shape index (κ2) is 4.57. The van der Waals surface area contributed by atoms with Crippen LogP contribution in [0, 0.1) is 18.7 Å². The van der Waals surface area contributed by atoms with Crippen molar-refractivity contribution in [3.05, 3.63) is 64.5 Å². The lowest BCUT2D eigenvalue weighted by atomic mass is 9.77. The van der Waals surface area contributed by atoms with Crippen LogP contribution >= 0.6 is 0 Å². The zero-order chi connectivity index (χ0) is 15.4. The van der Waals surface area contributed by atoms with E-state index in [4.69, 9.17) is 0 Å². The Labute approximate surface area is 127 Å². The van der Waals surface area contributed by atoms with Crippen LogP contribution in [0.1, 0.15) is 28.2 Å². The predicted octanol–water partition coefficient (Wildman–Crippen LogP) is 3.32. The van der Waals surface area contributed by atoms with E-state index >= 15 is 0 Å². The lowest BCUT2D eigenvalue weighted by molar-refractivity contribution is -0.139. The van der Waals surface area contributed by atoms with E-state index in [0.717, 1.165) is 16.7 Å². The highest BCUT2D eigenvalue weighted by atomic mass is 19.1. The van der Waals surface area contributed by atoms with E-state index in [1.54, 1.807) is 0 Å². The summed E-state index contributed by atoms with van der Waals surface area (Å²) in [4.78, 5) is 11.7. The molecule has 0 spiro atoms. The molecule has 0 saturated heterocycles. The van der Waals surface area contributed by atoms with Crippen molar-refractivity contribution in [2.45, 2.75) is 25.3 Å². The number of aryl methyl sites for hydroxylation is 1. The number of rotatable bonds is 1. The second-order valence-corrected chi connectivity index (χ2v) is 6.22. The molecule has 0 fully saturated rings. The van der Waals surface area contributed by atoms with E-state index in [2.05, 4.69) is 5.32 Å². The first-order valence-electron chi connectivity index (χ1n) is 7.43. The molecular weight excluding hydrogens is 281 g/mol. The molecule has 112 valence electrons. The van der Waals surface area contributed by atoms with E-state index < -0.39 is 12.0 Å². The smallest absolute Gasteiger partial charge is 0.326 e. The zero-order valence-electron chi connectivity index (χ0n) is 12.1. The average molecular weight is 297 g/mol. The number of halogens is 1. The molecule has 22 heavy (non-hydrogen) atoms. The quantitative estimate of drug-likeness (QED) is 0.849. The van der Waals surface area contributed by atoms with Gasteiger partial charge in [-0.2, -0.15) is 0 Å². The molecule has 0 radical (unpaired) electrons. The number of benzene rings is 2. The van der Waals surface area contributed by atoms with Crippen LogP contribution in [0.25, 0.3) is 0 Å². The van der Waals surface area contributed by atoms with Crippen LogP contribution in [-0.2, 0) is 11.2 Å². The van der Waals surface area contributed by atoms with Crippen molar-refractivity contribution < 1.29 is 14.3 Å². The van der Waals surface area contributed by atoms with Gasteiger partial charge in [-0.3, -0.25) is 0 Å². The zero-order valence-corrected chi connectivity index (χ0v) is 12.1. The highest BCUT2D eigenvalue weighted by Crippen LogP contribution is 2.50. The summed E-state index contributed by atoms with van der Waals surface area (Å²) in [6, 6.07) is 10.7. The second-order valence-electron chi connectivity index (χ2n) is 6.22. The molecule has 0 aromatic heterocycles. The summed E-state index contributed by atoms with van der Waals surface area (Å²) >= 11 is 0. The average Bonchev–Trinajstić information content (AvgIpc) is 2.85. The molecule has 3 unspecified atom stereocenters. The molecule has 0 amide bonds. The van der Waals surface area contributed by atoms with Crippen LogP contribution in [-0.4, -0.2) is 17.1 Å². The van der Waals surface area contributed by atoms with Gasteiger partial charge in [-0.15, -0.1) is 0 Å². The third-order valence-electron chi connectivity index (χ3n) is 4.87. The van der Waals surface area contributed by atoms with Crippen LogP contribution in [0.4, 0.5) is 10.1 Å². The molecule has 4 heteroatoms. The van der Waals surface area contributed by atoms with Crippen molar-refractivity contribution in [3.8, 4) is 0 Å². The number of carboxylic acid groups (broad SMARTS) is 1. The number of hydrogen-bond donors (Lipinski definition) is 2. The van der Waals surface area contributed by atoms with Crippen molar-refractivity contribution >= 4 is 11.7 Å². The summed E-state index contributed by atoms with van der Waals surface area (Å²) in [6.07, 6.45) is 0.708. The molecule has 0 saturated carbocycles. The highest BCUT2D eigenvalue weighted by molar-refractivity contribution is 5.81. The predicted molar refractivity (Wildman–Crippen MR) is 81.7 cm³/mol. The molecule has 1 aliphatic carbocycles. The van der Waals surface area contributed by atoms with Gasteiger partial charge >= 0.3 is 5.97 Å². The fraction of sp³-hybridized carbons (Fsp3) is 0.278. The lowest BCUT2D eigenvalue weighted by Crippen LogP contribution is -2.43. The molecule has 2 aromatic carbocycles. The minimum Gasteiger partial charge on any atom is -0.480 e. The molecular formula is C18H16FNO2. The molecule has 2 N–H and O–H groups in total. The number of hydrogen-bond acceptors (Lipinski definition) is 2. The molecule has 1 aliphatic heterocycles. The molecule has 3 nitrogen and oxygen atoms in total. The topological polar surface area (TPSA) is 49.3 Å². The van der Waals surface area contributed by atoms with E-state index in [9.17, 15) is 14.3 Å². The molecule has 2 aliphatic rings. The number of carboxylic acids is 1. The van der Waals surface area contributed by atoms with Gasteiger partial charge in [0.2, 0.25) is 0 Å². The maximum atomic E-state index is 14.3. The first kappa shape index (κ1) is 13.3. The fourth-order valence-electron chi connectivity index (χ4n) is 4.01. The van der Waals surface area contributed by atoms with E-state index in [1.165, 1.54) is 11.6 Å². The normalized spacial score (nSPS) is 24.9. The van der Waals surface area contributed by atoms with Crippen LogP contribution in [0.2, 0.25) is 0 Å². The van der Waals surface area contributed by atoms with Gasteiger partial charge in [0.15, 0.2) is 0 Å². The number of fused-ring (bicyclic) bond motifs is 5. The maximum absolute atomic E-state index is 14.3. The van der Waals surface area contributed by atoms with Crippen molar-refractivity contribution in [2.24, 2.45) is 5.92 Å². The van der Waals surface area contributed by atoms with Crippen molar-refractivity contribution in [1.29, 1.82) is 0 Å². The van der Waals surface area contributed by atoms with Gasteiger partial charge in [0, 0.05) is 11.8 Å². The molecule has 2 aromatic rings. The standard InChI is InChI=1S/C18H16FNO2/c1-9-6-12-15-11-5-3-2-4-10(11)8-13(15)17(18(21)22)20-16(12)14(19)7-9/h2-7,13,15,17,20H,8H2,1H3,(H,21,22). The van der Waals surface area contributed by atoms with Gasteiger partial charge in [0.25, 0.3) is 0 Å². The number of aliphatic carboxylic acids is 1. The first-order valence-corrected chi connectivity index (χ1v) is 7.43. The molecule has 4 rings (SSSR count). The monoisotopic (exact) mass is 297 g/mol. The van der Waals surface area contributed by atoms with Crippen LogP contribution < -0.4 is 5.32 Å². The number of carbonyl (C=O) groups is 1. The minimum absolute atomic E-state index is 0.0528. The Kier molecular flexibility index (Phi) is 2.76. The molecule has 3 atom stereocenters. The van der Waals surface area contributed by atoms with Gasteiger partial charge in [0.1, 0.15) is 11.9 Å². The van der Waals surface area contributed by atoms with Gasteiger partial charge in [-0.1, -0.05) is 30.3 Å². The van der Waals surface area contributed by atoms with E-state index in [1.807, 2.05) is 37.3 Å². The first-order chi connectivity index (χ1) is 10.6. The Morgan fingerprint density at radius 1 is 1.27 bits per heavy atom.